The first-order chi connectivity index (χ1) is 36.0. The molecule has 9 aliphatic rings. The van der Waals surface area contributed by atoms with Gasteiger partial charge in [-0.15, -0.1) is 11.3 Å². The molecule has 18 nitrogen and oxygen atoms in total. The Morgan fingerprint density at radius 1 is 0.946 bits per heavy atom. The number of thiazole rings is 1. The van der Waals surface area contributed by atoms with Crippen LogP contribution in [0.15, 0.2) is 35.8 Å². The van der Waals surface area contributed by atoms with Gasteiger partial charge in [0.1, 0.15) is 23.2 Å². The molecule has 4 aromatic rings. The number of fused-ring (bicyclic) bond motifs is 4. The predicted molar refractivity (Wildman–Crippen MR) is 278 cm³/mol. The van der Waals surface area contributed by atoms with Crippen LogP contribution in [0, 0.1) is 11.3 Å². The predicted octanol–water partition coefficient (Wildman–Crippen LogP) is 5.28. The highest BCUT2D eigenvalue weighted by molar-refractivity contribution is 7.10. The van der Waals surface area contributed by atoms with Gasteiger partial charge < -0.3 is 43.2 Å². The maximum absolute atomic E-state index is 15.3. The number of amides is 2. The van der Waals surface area contributed by atoms with E-state index in [0.717, 1.165) is 95.4 Å². The molecule has 1 aromatic carbocycles. The molecule has 2 saturated carbocycles. The van der Waals surface area contributed by atoms with Gasteiger partial charge in [-0.3, -0.25) is 34.2 Å². The number of piperazine rings is 1. The fraction of sp³-hybridized carbons (Fsp3) is 0.655. The van der Waals surface area contributed by atoms with E-state index in [4.69, 9.17) is 38.4 Å². The Kier molecular flexibility index (Phi) is 14.3. The fourth-order valence-electron chi connectivity index (χ4n) is 12.4. The molecule has 2 amide bonds. The van der Waals surface area contributed by atoms with Gasteiger partial charge in [0.05, 0.1) is 80.3 Å². The number of ether oxygens (including phenoxy) is 6. The number of esters is 1. The third kappa shape index (κ3) is 10.0. The van der Waals surface area contributed by atoms with Crippen molar-refractivity contribution in [2.75, 3.05) is 97.5 Å². The number of methoxy groups -OCH3 is 1. The molecule has 2 N–H and O–H groups in total. The molecule has 0 unspecified atom stereocenters. The highest BCUT2D eigenvalue weighted by Gasteiger charge is 2.53. The van der Waals surface area contributed by atoms with E-state index in [0.29, 0.717) is 90.0 Å². The fourth-order valence-corrected chi connectivity index (χ4v) is 13.4. The minimum Gasteiger partial charge on any atom is -0.464 e. The van der Waals surface area contributed by atoms with Crippen molar-refractivity contribution in [3.63, 3.8) is 0 Å². The van der Waals surface area contributed by atoms with Gasteiger partial charge in [0.2, 0.25) is 5.91 Å². The number of carbonyl (C=O) groups is 3. The van der Waals surface area contributed by atoms with E-state index in [1.54, 1.807) is 12.1 Å². The summed E-state index contributed by atoms with van der Waals surface area (Å²) in [5.41, 5.74) is 10.7. The Labute approximate surface area is 437 Å². The van der Waals surface area contributed by atoms with Crippen LogP contribution in [-0.2, 0) is 55.8 Å². The summed E-state index contributed by atoms with van der Waals surface area (Å²) in [5, 5.41) is 8.63. The SMILES string of the molecule is CO[C@@H](C)c1ncc(N2CCN(C3CC3)CC2)cc1-c1c2c3cc(ccc3n1CCOC1CCOCC1)-c1csc(n1)[C@@H](N1CCOCC1)[C@H](NC(=O)[C@@H]1CCO1)C(=O)N1N[C@H](C(=O)OCC(C)(C)C2)C2CC1C2. The van der Waals surface area contributed by atoms with Crippen molar-refractivity contribution in [3.8, 4) is 22.5 Å². The molecule has 8 bridgehead atoms. The van der Waals surface area contributed by atoms with Crippen molar-refractivity contribution in [1.82, 2.24) is 40.1 Å². The molecule has 19 heteroatoms. The van der Waals surface area contributed by atoms with Gasteiger partial charge in [-0.2, -0.15) is 0 Å². The number of carbonyl (C=O) groups excluding carboxylic acids is 3. The third-order valence-electron chi connectivity index (χ3n) is 17.0. The quantitative estimate of drug-likeness (QED) is 0.175. The summed E-state index contributed by atoms with van der Waals surface area (Å²) in [4.78, 5) is 61.7. The second kappa shape index (κ2) is 21.1. The molecule has 74 heavy (non-hydrogen) atoms. The van der Waals surface area contributed by atoms with E-state index in [2.05, 4.69) is 80.4 Å². The molecule has 398 valence electrons. The summed E-state index contributed by atoms with van der Waals surface area (Å²) < 4.78 is 38.8. The molecule has 3 aromatic heterocycles. The number of benzene rings is 1. The van der Waals surface area contributed by atoms with Crippen LogP contribution in [0.1, 0.15) is 94.1 Å². The van der Waals surface area contributed by atoms with Crippen molar-refractivity contribution in [2.45, 2.75) is 127 Å². The van der Waals surface area contributed by atoms with E-state index in [-0.39, 0.29) is 48.6 Å². The van der Waals surface area contributed by atoms with Crippen LogP contribution >= 0.6 is 11.3 Å². The summed E-state index contributed by atoms with van der Waals surface area (Å²) in [7, 11) is 1.74. The van der Waals surface area contributed by atoms with Gasteiger partial charge in [-0.05, 0) is 81.5 Å². The van der Waals surface area contributed by atoms with Crippen LogP contribution < -0.4 is 15.6 Å². The molecular weight excluding hydrogens is 963 g/mol. The van der Waals surface area contributed by atoms with Crippen LogP contribution in [0.5, 0.6) is 0 Å². The number of rotatable bonds is 12. The third-order valence-corrected chi connectivity index (χ3v) is 18.0. The lowest BCUT2D eigenvalue weighted by Crippen LogP contribution is -2.72. The number of nitrogens with zero attached hydrogens (tertiary/aromatic N) is 7. The smallest absolute Gasteiger partial charge is 0.325 e. The summed E-state index contributed by atoms with van der Waals surface area (Å²) in [5.74, 6) is -1.01. The van der Waals surface area contributed by atoms with Gasteiger partial charge in [0.15, 0.2) is 0 Å². The van der Waals surface area contributed by atoms with Crippen molar-refractivity contribution in [2.24, 2.45) is 11.3 Å². The largest absolute Gasteiger partial charge is 0.464 e. The first-order valence-electron chi connectivity index (χ1n) is 27.3. The maximum atomic E-state index is 15.3. The highest BCUT2D eigenvalue weighted by atomic mass is 32.1. The zero-order valence-corrected chi connectivity index (χ0v) is 44.2. The maximum Gasteiger partial charge on any atom is 0.325 e. The van der Waals surface area contributed by atoms with Crippen molar-refractivity contribution in [3.05, 3.63) is 52.1 Å². The van der Waals surface area contributed by atoms with Crippen LogP contribution in [0.2, 0.25) is 0 Å². The Morgan fingerprint density at radius 3 is 2.45 bits per heavy atom. The van der Waals surface area contributed by atoms with Crippen molar-refractivity contribution in [1.29, 1.82) is 0 Å². The number of aromatic nitrogens is 3. The lowest BCUT2D eigenvalue weighted by atomic mass is 9.73. The summed E-state index contributed by atoms with van der Waals surface area (Å²) in [6.07, 6.45) is 7.99. The first-order valence-corrected chi connectivity index (χ1v) is 28.2. The number of anilines is 1. The Hall–Kier alpha value is -4.57. The molecule has 7 aliphatic heterocycles. The lowest BCUT2D eigenvalue weighted by molar-refractivity contribution is -0.173. The van der Waals surface area contributed by atoms with Crippen LogP contribution in [0.4, 0.5) is 5.69 Å². The Bertz CT molecular complexity index is 2700. The standard InChI is InChI=1S/C55H73N9O9S/c1-33(68-4)46-41(28-38(30-56-46)61-14-12-60(13-15-61)36-6-7-36)49-42-29-55(2,3)32-73-54(67)47-35-25-37(26-35)64(59-47)53(66)48(58-51(65)45-11-21-72-45)50(62-16-22-70-23-17-62)52-57-43(31-74-52)34-5-8-44(40(42)27-34)63(49)18-24-71-39-9-19-69-20-10-39/h5,8,27-28,30-31,33,35-37,39,45,47-48,50,59H,6-7,9-26,29,32H2,1-4H3,(H,58,65)/t33-,35?,37?,45-,47-,48-,50-/m0/s1. The molecule has 6 saturated heterocycles. The van der Waals surface area contributed by atoms with E-state index in [9.17, 15) is 9.59 Å². The molecular formula is C55H73N9O9S. The lowest BCUT2D eigenvalue weighted by Gasteiger charge is -2.53. The number of morpholine rings is 1. The van der Waals surface area contributed by atoms with E-state index in [1.165, 1.54) is 24.2 Å². The number of hydrogen-bond donors (Lipinski definition) is 2. The van der Waals surface area contributed by atoms with Crippen LogP contribution in [0.25, 0.3) is 33.4 Å². The highest BCUT2D eigenvalue weighted by Crippen LogP contribution is 2.45. The average molecular weight is 1040 g/mol. The van der Waals surface area contributed by atoms with Crippen LogP contribution in [0.3, 0.4) is 0 Å². The summed E-state index contributed by atoms with van der Waals surface area (Å²) in [6, 6.07) is 7.16. The normalized spacial score (nSPS) is 28.5. The summed E-state index contributed by atoms with van der Waals surface area (Å²) >= 11 is 1.50. The Balaban J connectivity index is 1.01. The van der Waals surface area contributed by atoms with Gasteiger partial charge in [0.25, 0.3) is 5.91 Å². The van der Waals surface area contributed by atoms with Gasteiger partial charge in [-0.25, -0.2) is 10.4 Å². The topological polar surface area (TPSA) is 174 Å². The molecule has 0 radical (unpaired) electrons. The second-order valence-electron chi connectivity index (χ2n) is 22.6. The number of pyridine rings is 1. The molecule has 0 spiro atoms. The summed E-state index contributed by atoms with van der Waals surface area (Å²) in [6.45, 7) is 15.5. The molecule has 5 atom stereocenters. The van der Waals surface area contributed by atoms with Crippen LogP contribution in [-0.4, -0.2) is 176 Å². The molecule has 13 rings (SSSR count). The zero-order chi connectivity index (χ0) is 50.7. The Morgan fingerprint density at radius 2 is 1.72 bits per heavy atom. The average Bonchev–Trinajstić information content (AvgIpc) is 4.07. The van der Waals surface area contributed by atoms with Gasteiger partial charge >= 0.3 is 5.97 Å². The zero-order valence-electron chi connectivity index (χ0n) is 43.4. The number of nitrogens with one attached hydrogen (secondary N) is 2. The van der Waals surface area contributed by atoms with Crippen molar-refractivity contribution < 1.29 is 42.8 Å². The second-order valence-corrected chi connectivity index (χ2v) is 23.5. The first kappa shape index (κ1) is 50.3. The number of hydrazine groups is 1. The monoisotopic (exact) mass is 1040 g/mol. The number of cyclic esters (lactones) is 1. The molecule has 2 aliphatic carbocycles. The number of hydrogen-bond acceptors (Lipinski definition) is 16. The molecule has 10 heterocycles. The minimum absolute atomic E-state index is 0.0160. The van der Waals surface area contributed by atoms with E-state index in [1.807, 2.05) is 6.20 Å². The molecule has 8 fully saturated rings. The van der Waals surface area contributed by atoms with Gasteiger partial charge in [0, 0.05) is 117 Å². The minimum atomic E-state index is -1.04. The van der Waals surface area contributed by atoms with Crippen molar-refractivity contribution >= 4 is 45.7 Å². The van der Waals surface area contributed by atoms with E-state index >= 15 is 4.79 Å². The van der Waals surface area contributed by atoms with E-state index < -0.39 is 29.6 Å². The van der Waals surface area contributed by atoms with Gasteiger partial charge in [-0.1, -0.05) is 19.9 Å².